The van der Waals surface area contributed by atoms with Crippen molar-refractivity contribution in [3.05, 3.63) is 47.6 Å². The monoisotopic (exact) mass is 278 g/mol. The zero-order valence-corrected chi connectivity index (χ0v) is 10.2. The summed E-state index contributed by atoms with van der Waals surface area (Å²) in [7, 11) is 0. The fourth-order valence-electron chi connectivity index (χ4n) is 1.45. The maximum absolute atomic E-state index is 9.74. The number of benzene rings is 1. The summed E-state index contributed by atoms with van der Waals surface area (Å²) in [4.78, 5) is 0. The second-order valence-corrected chi connectivity index (χ2v) is 4.29. The van der Waals surface area contributed by atoms with Crippen molar-refractivity contribution >= 4 is 15.9 Å². The Bertz CT molecular complexity index is 519. The van der Waals surface area contributed by atoms with Gasteiger partial charge in [-0.05, 0) is 24.3 Å². The topological polar surface area (TPSA) is 38.0 Å². The molecule has 0 spiro atoms. The van der Waals surface area contributed by atoms with Crippen LogP contribution in [0.15, 0.2) is 47.6 Å². The van der Waals surface area contributed by atoms with Crippen LogP contribution in [0, 0.1) is 0 Å². The number of hydrogen-bond acceptors (Lipinski definition) is 2. The lowest BCUT2D eigenvalue weighted by molar-refractivity contribution is 0.477. The van der Waals surface area contributed by atoms with Gasteiger partial charge in [-0.2, -0.15) is 5.10 Å². The lowest BCUT2D eigenvalue weighted by atomic mass is 10.1. The van der Waals surface area contributed by atoms with Crippen molar-refractivity contribution in [2.45, 2.75) is 6.54 Å². The number of hydrogen-bond donors (Lipinski definition) is 1. The Morgan fingerprint density at radius 3 is 3.00 bits per heavy atom. The van der Waals surface area contributed by atoms with E-state index in [1.54, 1.807) is 22.9 Å². The Morgan fingerprint density at radius 1 is 1.44 bits per heavy atom. The van der Waals surface area contributed by atoms with Gasteiger partial charge in [-0.3, -0.25) is 4.68 Å². The van der Waals surface area contributed by atoms with Gasteiger partial charge in [0.25, 0.3) is 0 Å². The third kappa shape index (κ3) is 2.17. The lowest BCUT2D eigenvalue weighted by Crippen LogP contribution is -1.95. The van der Waals surface area contributed by atoms with E-state index >= 15 is 0 Å². The van der Waals surface area contributed by atoms with E-state index < -0.39 is 0 Å². The molecule has 82 valence electrons. The first-order valence-corrected chi connectivity index (χ1v) is 5.63. The highest BCUT2D eigenvalue weighted by Crippen LogP contribution is 2.30. The molecule has 0 amide bonds. The van der Waals surface area contributed by atoms with Gasteiger partial charge >= 0.3 is 0 Å². The first-order chi connectivity index (χ1) is 7.70. The van der Waals surface area contributed by atoms with Gasteiger partial charge in [0, 0.05) is 16.2 Å². The second kappa shape index (κ2) is 4.53. The highest BCUT2D eigenvalue weighted by molar-refractivity contribution is 9.10. The van der Waals surface area contributed by atoms with Crippen molar-refractivity contribution in [2.75, 3.05) is 0 Å². The fraction of sp³-hybridized carbons (Fsp3) is 0.0833. The van der Waals surface area contributed by atoms with Crippen molar-refractivity contribution in [1.29, 1.82) is 0 Å². The van der Waals surface area contributed by atoms with Crippen LogP contribution < -0.4 is 0 Å². The molecule has 1 aromatic heterocycles. The van der Waals surface area contributed by atoms with Crippen molar-refractivity contribution in [3.8, 4) is 17.0 Å². The third-order valence-corrected chi connectivity index (χ3v) is 2.68. The molecule has 0 aliphatic carbocycles. The summed E-state index contributed by atoms with van der Waals surface area (Å²) in [6.45, 7) is 4.31. The van der Waals surface area contributed by atoms with Gasteiger partial charge in [0.05, 0.1) is 12.2 Å². The van der Waals surface area contributed by atoms with Crippen LogP contribution in [0.4, 0.5) is 0 Å². The lowest BCUT2D eigenvalue weighted by Gasteiger charge is -2.01. The Labute approximate surface area is 102 Å². The Morgan fingerprint density at radius 2 is 2.25 bits per heavy atom. The molecule has 1 N–H and O–H groups in total. The normalized spacial score (nSPS) is 10.3. The summed E-state index contributed by atoms with van der Waals surface area (Å²) in [5.41, 5.74) is 1.47. The molecular weight excluding hydrogens is 268 g/mol. The van der Waals surface area contributed by atoms with E-state index in [2.05, 4.69) is 27.6 Å². The number of phenolic OH excluding ortho intramolecular Hbond substituents is 1. The SMILES string of the molecule is C=CCn1ccc(-c2cc(Br)ccc2O)n1. The first-order valence-electron chi connectivity index (χ1n) is 4.84. The molecule has 0 saturated carbocycles. The predicted octanol–water partition coefficient (Wildman–Crippen LogP) is 3.20. The average molecular weight is 279 g/mol. The standard InChI is InChI=1S/C12H11BrN2O/c1-2-6-15-7-5-11(14-15)10-8-9(13)3-4-12(10)16/h2-5,7-8,16H,1,6H2. The molecule has 1 heterocycles. The average Bonchev–Trinajstić information content (AvgIpc) is 2.71. The van der Waals surface area contributed by atoms with Crippen molar-refractivity contribution in [3.63, 3.8) is 0 Å². The van der Waals surface area contributed by atoms with Crippen LogP contribution in [0.25, 0.3) is 11.3 Å². The molecule has 0 aliphatic rings. The first kappa shape index (κ1) is 11.0. The van der Waals surface area contributed by atoms with E-state index in [9.17, 15) is 5.11 Å². The molecule has 3 nitrogen and oxygen atoms in total. The van der Waals surface area contributed by atoms with Gasteiger partial charge in [0.15, 0.2) is 0 Å². The number of phenols is 1. The number of aromatic hydroxyl groups is 1. The molecule has 0 fully saturated rings. The minimum atomic E-state index is 0.229. The summed E-state index contributed by atoms with van der Waals surface area (Å²) in [6.07, 6.45) is 3.63. The molecule has 2 rings (SSSR count). The molecule has 0 bridgehead atoms. The molecule has 0 radical (unpaired) electrons. The summed E-state index contributed by atoms with van der Waals surface area (Å²) in [6, 6.07) is 7.15. The maximum Gasteiger partial charge on any atom is 0.125 e. The molecule has 2 aromatic rings. The van der Waals surface area contributed by atoms with E-state index in [1.165, 1.54) is 0 Å². The van der Waals surface area contributed by atoms with Crippen molar-refractivity contribution < 1.29 is 5.11 Å². The maximum atomic E-state index is 9.74. The van der Waals surface area contributed by atoms with Gasteiger partial charge in [0.2, 0.25) is 0 Å². The van der Waals surface area contributed by atoms with Crippen LogP contribution in [0.1, 0.15) is 0 Å². The molecule has 16 heavy (non-hydrogen) atoms. The molecule has 0 atom stereocenters. The summed E-state index contributed by atoms with van der Waals surface area (Å²) in [5, 5.41) is 14.1. The molecule has 0 aliphatic heterocycles. The largest absolute Gasteiger partial charge is 0.507 e. The zero-order valence-electron chi connectivity index (χ0n) is 8.60. The van der Waals surface area contributed by atoms with Crippen LogP contribution in [0.2, 0.25) is 0 Å². The van der Waals surface area contributed by atoms with E-state index in [-0.39, 0.29) is 5.75 Å². The fourth-order valence-corrected chi connectivity index (χ4v) is 1.81. The summed E-state index contributed by atoms with van der Waals surface area (Å²) < 4.78 is 2.68. The Hall–Kier alpha value is -1.55. The number of allylic oxidation sites excluding steroid dienone is 1. The van der Waals surface area contributed by atoms with E-state index in [0.717, 1.165) is 15.7 Å². The zero-order chi connectivity index (χ0) is 11.5. The van der Waals surface area contributed by atoms with Crippen molar-refractivity contribution in [2.24, 2.45) is 0 Å². The van der Waals surface area contributed by atoms with Gasteiger partial charge in [-0.1, -0.05) is 22.0 Å². The van der Waals surface area contributed by atoms with E-state index in [0.29, 0.717) is 6.54 Å². The van der Waals surface area contributed by atoms with Gasteiger partial charge < -0.3 is 5.11 Å². The Kier molecular flexibility index (Phi) is 3.10. The molecular formula is C12H11BrN2O. The van der Waals surface area contributed by atoms with Crippen LogP contribution in [0.3, 0.4) is 0 Å². The summed E-state index contributed by atoms with van der Waals surface area (Å²) >= 11 is 3.37. The highest BCUT2D eigenvalue weighted by Gasteiger charge is 2.07. The van der Waals surface area contributed by atoms with Crippen molar-refractivity contribution in [1.82, 2.24) is 9.78 Å². The minimum absolute atomic E-state index is 0.229. The molecule has 0 unspecified atom stereocenters. The third-order valence-electron chi connectivity index (χ3n) is 2.19. The molecule has 1 aromatic carbocycles. The van der Waals surface area contributed by atoms with Crippen LogP contribution in [-0.2, 0) is 6.54 Å². The molecule has 0 saturated heterocycles. The quantitative estimate of drug-likeness (QED) is 0.876. The van der Waals surface area contributed by atoms with E-state index in [4.69, 9.17) is 0 Å². The summed E-state index contributed by atoms with van der Waals surface area (Å²) in [5.74, 6) is 0.229. The smallest absolute Gasteiger partial charge is 0.125 e. The molecule has 4 heteroatoms. The minimum Gasteiger partial charge on any atom is -0.507 e. The highest BCUT2D eigenvalue weighted by atomic mass is 79.9. The van der Waals surface area contributed by atoms with Crippen LogP contribution in [0.5, 0.6) is 5.75 Å². The van der Waals surface area contributed by atoms with Gasteiger partial charge in [-0.25, -0.2) is 0 Å². The predicted molar refractivity (Wildman–Crippen MR) is 67.2 cm³/mol. The number of aromatic nitrogens is 2. The van der Waals surface area contributed by atoms with E-state index in [1.807, 2.05) is 18.3 Å². The number of nitrogens with zero attached hydrogens (tertiary/aromatic N) is 2. The number of halogens is 1. The van der Waals surface area contributed by atoms with Gasteiger partial charge in [0.1, 0.15) is 5.75 Å². The van der Waals surface area contributed by atoms with Gasteiger partial charge in [-0.15, -0.1) is 6.58 Å². The van der Waals surface area contributed by atoms with Crippen LogP contribution >= 0.6 is 15.9 Å². The second-order valence-electron chi connectivity index (χ2n) is 3.37. The van der Waals surface area contributed by atoms with Crippen LogP contribution in [-0.4, -0.2) is 14.9 Å². The Balaban J connectivity index is 2.41. The number of rotatable bonds is 3.